The van der Waals surface area contributed by atoms with Gasteiger partial charge in [0.1, 0.15) is 5.82 Å². The predicted molar refractivity (Wildman–Crippen MR) is 74.2 cm³/mol. The van der Waals surface area contributed by atoms with Gasteiger partial charge in [-0.15, -0.1) is 0 Å². The third-order valence-corrected chi connectivity index (χ3v) is 4.15. The minimum atomic E-state index is -0.171. The first-order chi connectivity index (χ1) is 8.74. The molecule has 1 aromatic carbocycles. The molecule has 2 N–H and O–H groups in total. The highest BCUT2D eigenvalue weighted by atomic mass is 19.1. The van der Waals surface area contributed by atoms with Gasteiger partial charge in [0.2, 0.25) is 0 Å². The monoisotopic (exact) mass is 250 g/mol. The van der Waals surface area contributed by atoms with Crippen LogP contribution in [0.15, 0.2) is 24.3 Å². The summed E-state index contributed by atoms with van der Waals surface area (Å²) in [5, 5.41) is 0. The maximum Gasteiger partial charge on any atom is 0.123 e. The van der Waals surface area contributed by atoms with E-state index in [1.54, 1.807) is 0 Å². The highest BCUT2D eigenvalue weighted by Gasteiger charge is 2.27. The highest BCUT2D eigenvalue weighted by molar-refractivity contribution is 5.46. The lowest BCUT2D eigenvalue weighted by molar-refractivity contribution is 0.396. The Morgan fingerprint density at radius 1 is 1.22 bits per heavy atom. The summed E-state index contributed by atoms with van der Waals surface area (Å²) in [5.74, 6) is 1.19. The van der Waals surface area contributed by atoms with Gasteiger partial charge in [-0.25, -0.2) is 4.39 Å². The van der Waals surface area contributed by atoms with Crippen LogP contribution < -0.4 is 10.6 Å². The van der Waals surface area contributed by atoms with E-state index in [2.05, 4.69) is 11.8 Å². The van der Waals surface area contributed by atoms with Crippen LogP contribution in [0.5, 0.6) is 0 Å². The summed E-state index contributed by atoms with van der Waals surface area (Å²) in [6.45, 7) is 4.95. The Morgan fingerprint density at radius 3 is 2.50 bits per heavy atom. The zero-order chi connectivity index (χ0) is 13.0. The van der Waals surface area contributed by atoms with E-state index in [1.165, 1.54) is 31.4 Å². The quantitative estimate of drug-likeness (QED) is 0.870. The summed E-state index contributed by atoms with van der Waals surface area (Å²) < 4.78 is 12.9. The van der Waals surface area contributed by atoms with Crippen LogP contribution in [0.2, 0.25) is 0 Å². The third kappa shape index (κ3) is 3.02. The van der Waals surface area contributed by atoms with Crippen LogP contribution in [0.3, 0.4) is 0 Å². The second-order valence-electron chi connectivity index (χ2n) is 5.20. The molecular weight excluding hydrogens is 227 g/mol. The topological polar surface area (TPSA) is 29.3 Å². The molecule has 1 aliphatic carbocycles. The van der Waals surface area contributed by atoms with Crippen molar-refractivity contribution in [1.82, 2.24) is 0 Å². The molecule has 1 fully saturated rings. The number of nitrogens with two attached hydrogens (primary N) is 1. The lowest BCUT2D eigenvalue weighted by Gasteiger charge is -2.29. The van der Waals surface area contributed by atoms with Crippen molar-refractivity contribution in [1.29, 1.82) is 0 Å². The average molecular weight is 250 g/mol. The van der Waals surface area contributed by atoms with Crippen molar-refractivity contribution >= 4 is 5.69 Å². The Bertz CT molecular complexity index is 363. The smallest absolute Gasteiger partial charge is 0.123 e. The fourth-order valence-electron chi connectivity index (χ4n) is 3.02. The van der Waals surface area contributed by atoms with Crippen molar-refractivity contribution in [2.24, 2.45) is 17.6 Å². The zero-order valence-electron chi connectivity index (χ0n) is 11.1. The van der Waals surface area contributed by atoms with Gasteiger partial charge in [0, 0.05) is 18.8 Å². The standard InChI is InChI=1S/C15H23FN2/c1-2-18(15-8-6-14(16)7-9-15)11-13-5-3-4-12(13)10-17/h6-9,12-13H,2-5,10-11,17H2,1H3. The van der Waals surface area contributed by atoms with Crippen molar-refractivity contribution in [2.45, 2.75) is 26.2 Å². The maximum atomic E-state index is 12.9. The number of anilines is 1. The lowest BCUT2D eigenvalue weighted by Crippen LogP contribution is -2.33. The zero-order valence-corrected chi connectivity index (χ0v) is 11.1. The second kappa shape index (κ2) is 6.19. The van der Waals surface area contributed by atoms with Crippen molar-refractivity contribution in [3.05, 3.63) is 30.1 Å². The first-order valence-corrected chi connectivity index (χ1v) is 6.95. The van der Waals surface area contributed by atoms with Gasteiger partial charge in [0.05, 0.1) is 0 Å². The summed E-state index contributed by atoms with van der Waals surface area (Å²) in [5.41, 5.74) is 6.94. The number of halogens is 1. The van der Waals surface area contributed by atoms with Gasteiger partial charge < -0.3 is 10.6 Å². The summed E-state index contributed by atoms with van der Waals surface area (Å²) in [7, 11) is 0. The minimum absolute atomic E-state index is 0.171. The first-order valence-electron chi connectivity index (χ1n) is 6.95. The number of rotatable bonds is 5. The van der Waals surface area contributed by atoms with Crippen LogP contribution in [0.25, 0.3) is 0 Å². The summed E-state index contributed by atoms with van der Waals surface area (Å²) in [4.78, 5) is 2.33. The molecule has 1 aliphatic rings. The Kier molecular flexibility index (Phi) is 4.59. The molecule has 1 saturated carbocycles. The number of benzene rings is 1. The van der Waals surface area contributed by atoms with Gasteiger partial charge in [-0.3, -0.25) is 0 Å². The molecule has 2 rings (SSSR count). The van der Waals surface area contributed by atoms with Crippen LogP contribution in [-0.2, 0) is 0 Å². The Hall–Kier alpha value is -1.09. The molecule has 0 heterocycles. The predicted octanol–water partition coefficient (Wildman–Crippen LogP) is 3.03. The first kappa shape index (κ1) is 13.3. The van der Waals surface area contributed by atoms with Crippen molar-refractivity contribution < 1.29 is 4.39 Å². The van der Waals surface area contributed by atoms with E-state index in [0.717, 1.165) is 25.3 Å². The fraction of sp³-hybridized carbons (Fsp3) is 0.600. The molecule has 2 unspecified atom stereocenters. The molecule has 0 amide bonds. The van der Waals surface area contributed by atoms with Crippen molar-refractivity contribution in [2.75, 3.05) is 24.5 Å². The molecule has 2 nitrogen and oxygen atoms in total. The fourth-order valence-corrected chi connectivity index (χ4v) is 3.02. The molecule has 0 aliphatic heterocycles. The largest absolute Gasteiger partial charge is 0.372 e. The van der Waals surface area contributed by atoms with Crippen LogP contribution in [0.4, 0.5) is 10.1 Å². The molecule has 0 aromatic heterocycles. The third-order valence-electron chi connectivity index (χ3n) is 4.15. The summed E-state index contributed by atoms with van der Waals surface area (Å²) in [6, 6.07) is 6.80. The van der Waals surface area contributed by atoms with E-state index in [-0.39, 0.29) is 5.82 Å². The molecule has 0 bridgehead atoms. The van der Waals surface area contributed by atoms with E-state index in [4.69, 9.17) is 5.73 Å². The van der Waals surface area contributed by atoms with Crippen LogP contribution in [0, 0.1) is 17.7 Å². The van der Waals surface area contributed by atoms with Crippen molar-refractivity contribution in [3.63, 3.8) is 0 Å². The molecule has 18 heavy (non-hydrogen) atoms. The Morgan fingerprint density at radius 2 is 1.89 bits per heavy atom. The van der Waals surface area contributed by atoms with E-state index >= 15 is 0 Å². The van der Waals surface area contributed by atoms with Gasteiger partial charge in [-0.05, 0) is 62.4 Å². The molecule has 0 spiro atoms. The second-order valence-corrected chi connectivity index (χ2v) is 5.20. The normalized spacial score (nSPS) is 23.3. The van der Waals surface area contributed by atoms with Gasteiger partial charge in [0.15, 0.2) is 0 Å². The average Bonchev–Trinajstić information content (AvgIpc) is 2.84. The molecular formula is C15H23FN2. The SMILES string of the molecule is CCN(CC1CCCC1CN)c1ccc(F)cc1. The van der Waals surface area contributed by atoms with Gasteiger partial charge in [-0.1, -0.05) is 6.42 Å². The number of hydrogen-bond donors (Lipinski definition) is 1. The number of nitrogens with zero attached hydrogens (tertiary/aromatic N) is 1. The molecule has 100 valence electrons. The Balaban J connectivity index is 2.02. The maximum absolute atomic E-state index is 12.9. The van der Waals surface area contributed by atoms with Crippen LogP contribution in [0.1, 0.15) is 26.2 Å². The molecule has 0 saturated heterocycles. The van der Waals surface area contributed by atoms with Crippen molar-refractivity contribution in [3.8, 4) is 0 Å². The molecule has 2 atom stereocenters. The van der Waals surface area contributed by atoms with Crippen LogP contribution >= 0.6 is 0 Å². The van der Waals surface area contributed by atoms with Gasteiger partial charge in [0.25, 0.3) is 0 Å². The van der Waals surface area contributed by atoms with Gasteiger partial charge >= 0.3 is 0 Å². The van der Waals surface area contributed by atoms with Crippen LogP contribution in [-0.4, -0.2) is 19.6 Å². The van der Waals surface area contributed by atoms with E-state index in [0.29, 0.717) is 11.8 Å². The minimum Gasteiger partial charge on any atom is -0.372 e. The highest BCUT2D eigenvalue weighted by Crippen LogP contribution is 2.32. The van der Waals surface area contributed by atoms with Gasteiger partial charge in [-0.2, -0.15) is 0 Å². The van der Waals surface area contributed by atoms with E-state index in [1.807, 2.05) is 12.1 Å². The molecule has 1 aromatic rings. The van der Waals surface area contributed by atoms with E-state index < -0.39 is 0 Å². The summed E-state index contributed by atoms with van der Waals surface area (Å²) >= 11 is 0. The number of hydrogen-bond acceptors (Lipinski definition) is 2. The van der Waals surface area contributed by atoms with E-state index in [9.17, 15) is 4.39 Å². The molecule has 0 radical (unpaired) electrons. The lowest BCUT2D eigenvalue weighted by atomic mass is 9.95. The molecule has 3 heteroatoms. The Labute approximate surface area is 109 Å². The summed E-state index contributed by atoms with van der Waals surface area (Å²) in [6.07, 6.45) is 3.84.